The molecule has 1 aromatic heterocycles. The van der Waals surface area contributed by atoms with E-state index in [9.17, 15) is 9.59 Å². The topological polar surface area (TPSA) is 145 Å². The van der Waals surface area contributed by atoms with Crippen molar-refractivity contribution in [3.8, 4) is 0 Å². The third kappa shape index (κ3) is 14.0. The van der Waals surface area contributed by atoms with Gasteiger partial charge >= 0.3 is 5.97 Å². The number of amides is 1. The number of carbonyl (C=O) groups is 2. The second kappa shape index (κ2) is 17.6. The summed E-state index contributed by atoms with van der Waals surface area (Å²) in [5.41, 5.74) is 0. The molecule has 184 valence electrons. The lowest BCUT2D eigenvalue weighted by Gasteiger charge is -2.17. The molecule has 12 heteroatoms. The van der Waals surface area contributed by atoms with Crippen molar-refractivity contribution in [3.63, 3.8) is 0 Å². The third-order valence-corrected chi connectivity index (χ3v) is 3.89. The van der Waals surface area contributed by atoms with Gasteiger partial charge in [-0.3, -0.25) is 9.59 Å². The first kappa shape index (κ1) is 28.1. The van der Waals surface area contributed by atoms with Crippen molar-refractivity contribution in [2.24, 2.45) is 0 Å². The first-order chi connectivity index (χ1) is 16.0. The average molecular weight is 468 g/mol. The molecule has 0 aliphatic rings. The van der Waals surface area contributed by atoms with Crippen LogP contribution < -0.4 is 10.2 Å². The number of anilines is 1. The molecule has 0 saturated carbocycles. The number of carboxylic acid groups (broad SMARTS) is 1. The molecule has 33 heavy (non-hydrogen) atoms. The normalized spacial score (nSPS) is 10.6. The van der Waals surface area contributed by atoms with Gasteiger partial charge in [0.25, 0.3) is 0 Å². The van der Waals surface area contributed by atoms with Crippen LogP contribution in [0.3, 0.4) is 0 Å². The number of likely N-dealkylation sites (N-methyl/N-ethyl adjacent to an activating group) is 1. The fourth-order valence-corrected chi connectivity index (χ4v) is 2.28. The van der Waals surface area contributed by atoms with Gasteiger partial charge in [-0.05, 0) is 12.2 Å². The van der Waals surface area contributed by atoms with E-state index < -0.39 is 5.97 Å². The average Bonchev–Trinajstić information content (AvgIpc) is 2.80. The zero-order valence-electron chi connectivity index (χ0n) is 19.0. The van der Waals surface area contributed by atoms with Crippen molar-refractivity contribution in [1.29, 1.82) is 0 Å². The molecule has 1 heterocycles. The minimum atomic E-state index is -0.886. The Morgan fingerprint density at radius 1 is 0.879 bits per heavy atom. The molecule has 0 fully saturated rings. The van der Waals surface area contributed by atoms with E-state index in [1.54, 1.807) is 11.9 Å². The second-order valence-corrected chi connectivity index (χ2v) is 6.56. The molecular weight excluding hydrogens is 434 g/mol. The largest absolute Gasteiger partial charge is 0.481 e. The molecular formula is C21H33N5O7. The lowest BCUT2D eigenvalue weighted by Crippen LogP contribution is -2.37. The predicted molar refractivity (Wildman–Crippen MR) is 122 cm³/mol. The van der Waals surface area contributed by atoms with Gasteiger partial charge in [-0.25, -0.2) is 4.98 Å². The SMILES string of the molecule is C=Cc1nc(C=C)nc(N(C)CC(=O)NCCOCCOCCOCCOCCC(=O)O)n1. The van der Waals surface area contributed by atoms with E-state index in [4.69, 9.17) is 24.1 Å². The monoisotopic (exact) mass is 467 g/mol. The van der Waals surface area contributed by atoms with E-state index in [0.717, 1.165) is 0 Å². The van der Waals surface area contributed by atoms with Crippen LogP contribution in [0, 0.1) is 0 Å². The van der Waals surface area contributed by atoms with Crippen molar-refractivity contribution in [2.75, 3.05) is 77.9 Å². The van der Waals surface area contributed by atoms with E-state index in [1.807, 2.05) is 0 Å². The van der Waals surface area contributed by atoms with Gasteiger partial charge in [-0.1, -0.05) is 13.2 Å². The van der Waals surface area contributed by atoms with E-state index in [0.29, 0.717) is 70.4 Å². The molecule has 1 aromatic rings. The van der Waals surface area contributed by atoms with Crippen LogP contribution in [0.25, 0.3) is 12.2 Å². The Labute approximate surface area is 193 Å². The maximum absolute atomic E-state index is 12.1. The number of hydrogen-bond acceptors (Lipinski definition) is 10. The summed E-state index contributed by atoms with van der Waals surface area (Å²) in [7, 11) is 1.71. The van der Waals surface area contributed by atoms with Crippen LogP contribution in [0.4, 0.5) is 5.95 Å². The highest BCUT2D eigenvalue weighted by atomic mass is 16.6. The predicted octanol–water partition coefficient (Wildman–Crippen LogP) is 0.251. The number of carboxylic acids is 1. The smallest absolute Gasteiger partial charge is 0.305 e. The molecule has 0 aromatic carbocycles. The molecule has 1 rings (SSSR count). The Hall–Kier alpha value is -2.93. The molecule has 0 aliphatic heterocycles. The molecule has 0 spiro atoms. The fraction of sp³-hybridized carbons (Fsp3) is 0.571. The Morgan fingerprint density at radius 2 is 1.36 bits per heavy atom. The van der Waals surface area contributed by atoms with E-state index in [1.165, 1.54) is 12.2 Å². The molecule has 0 atom stereocenters. The van der Waals surface area contributed by atoms with E-state index in [-0.39, 0.29) is 25.5 Å². The zero-order chi connectivity index (χ0) is 24.3. The maximum Gasteiger partial charge on any atom is 0.305 e. The van der Waals surface area contributed by atoms with Crippen molar-refractivity contribution in [2.45, 2.75) is 6.42 Å². The van der Waals surface area contributed by atoms with Crippen LogP contribution in [0.1, 0.15) is 18.1 Å². The summed E-state index contributed by atoms with van der Waals surface area (Å²) in [5, 5.41) is 11.2. The summed E-state index contributed by atoms with van der Waals surface area (Å²) in [6, 6.07) is 0. The second-order valence-electron chi connectivity index (χ2n) is 6.56. The molecule has 2 N–H and O–H groups in total. The van der Waals surface area contributed by atoms with Crippen molar-refractivity contribution in [1.82, 2.24) is 20.3 Å². The van der Waals surface area contributed by atoms with Crippen LogP contribution >= 0.6 is 0 Å². The van der Waals surface area contributed by atoms with Crippen LogP contribution in [-0.2, 0) is 28.5 Å². The number of nitrogens with one attached hydrogen (secondary N) is 1. The third-order valence-electron chi connectivity index (χ3n) is 3.89. The van der Waals surface area contributed by atoms with E-state index >= 15 is 0 Å². The number of aromatic nitrogens is 3. The zero-order valence-corrected chi connectivity index (χ0v) is 19.0. The van der Waals surface area contributed by atoms with Crippen LogP contribution in [-0.4, -0.2) is 105 Å². The summed E-state index contributed by atoms with van der Waals surface area (Å²) in [6.45, 7) is 10.6. The number of aliphatic carboxylic acids is 1. The van der Waals surface area contributed by atoms with Crippen LogP contribution in [0.2, 0.25) is 0 Å². The molecule has 0 unspecified atom stereocenters. The lowest BCUT2D eigenvalue weighted by molar-refractivity contribution is -0.138. The summed E-state index contributed by atoms with van der Waals surface area (Å²) in [6.07, 6.45) is 2.99. The van der Waals surface area contributed by atoms with Gasteiger partial charge < -0.3 is 34.3 Å². The number of hydrogen-bond donors (Lipinski definition) is 2. The van der Waals surface area contributed by atoms with Crippen LogP contribution in [0.5, 0.6) is 0 Å². The summed E-state index contributed by atoms with van der Waals surface area (Å²) < 4.78 is 21.2. The standard InChI is InChI=1S/C21H33N5O7/c1-4-17-23-18(5-2)25-21(24-17)26(3)16-19(27)22-7-9-31-11-13-33-15-14-32-12-10-30-8-6-20(28)29/h4-5H,1-2,6-16H2,3H3,(H,22,27)(H,28,29). The molecule has 12 nitrogen and oxygen atoms in total. The van der Waals surface area contributed by atoms with Gasteiger partial charge in [-0.15, -0.1) is 0 Å². The van der Waals surface area contributed by atoms with Gasteiger partial charge in [0.2, 0.25) is 11.9 Å². The van der Waals surface area contributed by atoms with Gasteiger partial charge in [-0.2, -0.15) is 9.97 Å². The first-order valence-electron chi connectivity index (χ1n) is 10.5. The highest BCUT2D eigenvalue weighted by Crippen LogP contribution is 2.07. The molecule has 1 amide bonds. The minimum absolute atomic E-state index is 0.0157. The van der Waals surface area contributed by atoms with Gasteiger partial charge in [0.1, 0.15) is 0 Å². The maximum atomic E-state index is 12.1. The Kier molecular flexibility index (Phi) is 15.0. The summed E-state index contributed by atoms with van der Waals surface area (Å²) in [4.78, 5) is 36.5. The Balaban J connectivity index is 2.00. The minimum Gasteiger partial charge on any atom is -0.481 e. The quantitative estimate of drug-likeness (QED) is 0.255. The summed E-state index contributed by atoms with van der Waals surface area (Å²) in [5.74, 6) is 0.0932. The highest BCUT2D eigenvalue weighted by Gasteiger charge is 2.11. The lowest BCUT2D eigenvalue weighted by atomic mass is 10.5. The van der Waals surface area contributed by atoms with Crippen molar-refractivity contribution in [3.05, 3.63) is 24.8 Å². The number of rotatable bonds is 20. The van der Waals surface area contributed by atoms with Crippen LogP contribution in [0.15, 0.2) is 13.2 Å². The number of ether oxygens (including phenoxy) is 4. The number of carbonyl (C=O) groups excluding carboxylic acids is 1. The molecule has 0 saturated heterocycles. The van der Waals surface area contributed by atoms with E-state index in [2.05, 4.69) is 33.4 Å². The Bertz CT molecular complexity index is 721. The molecule has 0 bridgehead atoms. The fourth-order valence-electron chi connectivity index (χ4n) is 2.28. The van der Waals surface area contributed by atoms with Crippen molar-refractivity contribution >= 4 is 30.0 Å². The first-order valence-corrected chi connectivity index (χ1v) is 10.5. The van der Waals surface area contributed by atoms with Gasteiger partial charge in [0.15, 0.2) is 11.6 Å². The highest BCUT2D eigenvalue weighted by molar-refractivity contribution is 5.80. The summed E-state index contributed by atoms with van der Waals surface area (Å²) >= 11 is 0. The molecule has 0 radical (unpaired) electrons. The van der Waals surface area contributed by atoms with Gasteiger partial charge in [0, 0.05) is 13.6 Å². The molecule has 0 aliphatic carbocycles. The van der Waals surface area contributed by atoms with Gasteiger partial charge in [0.05, 0.1) is 65.8 Å². The number of nitrogens with zero attached hydrogens (tertiary/aromatic N) is 4. The Morgan fingerprint density at radius 3 is 1.85 bits per heavy atom. The van der Waals surface area contributed by atoms with Crippen molar-refractivity contribution < 1.29 is 33.6 Å².